The van der Waals surface area contributed by atoms with E-state index in [0.29, 0.717) is 64.3 Å². The molecular formula is C35H38N2O7. The molecule has 1 amide bonds. The number of nitrogens with one attached hydrogen (secondary N) is 2. The summed E-state index contributed by atoms with van der Waals surface area (Å²) in [6.45, 7) is 4.25. The standard InChI is InChI=1S/C35H38N2O7/c1-7-44-29-15-9-22(19-31(29)43-6)33-32(35(39)37-24-10-12-25(40-3)13-11-24)20(2)36-26-16-23(17-27(38)34(26)33)21-8-14-28(41-4)30(18-21)42-5/h8-15,18-19,23,33,36H,7,16-17H2,1-6H3,(H,37,39)/t23-,33-/m0/s1. The molecule has 1 aliphatic heterocycles. The maximum Gasteiger partial charge on any atom is 0.254 e. The molecule has 2 atom stereocenters. The van der Waals surface area contributed by atoms with E-state index in [1.807, 2.05) is 50.2 Å². The topological polar surface area (TPSA) is 104 Å². The van der Waals surface area contributed by atoms with Crippen molar-refractivity contribution < 1.29 is 33.3 Å². The van der Waals surface area contributed by atoms with Crippen LogP contribution in [0.15, 0.2) is 83.2 Å². The van der Waals surface area contributed by atoms with Crippen LogP contribution in [-0.2, 0) is 9.59 Å². The van der Waals surface area contributed by atoms with Crippen molar-refractivity contribution >= 4 is 17.4 Å². The van der Waals surface area contributed by atoms with Crippen LogP contribution in [0.5, 0.6) is 28.7 Å². The SMILES string of the molecule is CCOc1ccc([C@H]2C(C(=O)Nc3ccc(OC)cc3)=C(C)NC3=C2C(=O)C[C@@H](c2ccc(OC)c(OC)c2)C3)cc1OC. The highest BCUT2D eigenvalue weighted by molar-refractivity contribution is 6.10. The molecule has 0 aromatic heterocycles. The summed E-state index contributed by atoms with van der Waals surface area (Å²) in [6, 6.07) is 18.5. The molecule has 0 bridgehead atoms. The highest BCUT2D eigenvalue weighted by Gasteiger charge is 2.41. The van der Waals surface area contributed by atoms with Crippen molar-refractivity contribution in [2.75, 3.05) is 40.4 Å². The molecule has 0 unspecified atom stereocenters. The maximum atomic E-state index is 14.1. The van der Waals surface area contributed by atoms with Gasteiger partial charge in [0.05, 0.1) is 35.0 Å². The minimum Gasteiger partial charge on any atom is -0.497 e. The Morgan fingerprint density at radius 1 is 0.818 bits per heavy atom. The van der Waals surface area contributed by atoms with Gasteiger partial charge in [-0.1, -0.05) is 12.1 Å². The summed E-state index contributed by atoms with van der Waals surface area (Å²) < 4.78 is 27.6. The number of ketones is 1. The Balaban J connectivity index is 1.57. The van der Waals surface area contributed by atoms with Gasteiger partial charge in [0.2, 0.25) is 0 Å². The number of anilines is 1. The molecule has 9 nitrogen and oxygen atoms in total. The summed E-state index contributed by atoms with van der Waals surface area (Å²) in [5, 5.41) is 6.45. The molecule has 2 aliphatic rings. The van der Waals surface area contributed by atoms with Crippen LogP contribution in [0, 0.1) is 0 Å². The van der Waals surface area contributed by atoms with Crippen molar-refractivity contribution in [3.63, 3.8) is 0 Å². The summed E-state index contributed by atoms with van der Waals surface area (Å²) in [7, 11) is 6.36. The molecule has 3 aromatic carbocycles. The van der Waals surface area contributed by atoms with Gasteiger partial charge in [-0.3, -0.25) is 9.59 Å². The van der Waals surface area contributed by atoms with Gasteiger partial charge in [0.1, 0.15) is 5.75 Å². The number of allylic oxidation sites excluding steroid dienone is 3. The van der Waals surface area contributed by atoms with Gasteiger partial charge < -0.3 is 34.3 Å². The largest absolute Gasteiger partial charge is 0.497 e. The molecular weight excluding hydrogens is 560 g/mol. The van der Waals surface area contributed by atoms with E-state index < -0.39 is 5.92 Å². The Kier molecular flexibility index (Phi) is 9.13. The lowest BCUT2D eigenvalue weighted by molar-refractivity contribution is -0.116. The summed E-state index contributed by atoms with van der Waals surface area (Å²) in [6.07, 6.45) is 0.874. The highest BCUT2D eigenvalue weighted by atomic mass is 16.5. The summed E-state index contributed by atoms with van der Waals surface area (Å²) in [4.78, 5) is 28.1. The van der Waals surface area contributed by atoms with Crippen molar-refractivity contribution in [1.82, 2.24) is 5.32 Å². The molecule has 3 aromatic rings. The van der Waals surface area contributed by atoms with Crippen LogP contribution in [0.25, 0.3) is 0 Å². The van der Waals surface area contributed by atoms with Gasteiger partial charge in [-0.05, 0) is 85.8 Å². The van der Waals surface area contributed by atoms with E-state index in [9.17, 15) is 9.59 Å². The van der Waals surface area contributed by atoms with Crippen molar-refractivity contribution in [1.29, 1.82) is 0 Å². The second kappa shape index (κ2) is 13.2. The number of ether oxygens (including phenoxy) is 5. The summed E-state index contributed by atoms with van der Waals surface area (Å²) in [5.41, 5.74) is 4.88. The lowest BCUT2D eigenvalue weighted by Crippen LogP contribution is -2.37. The van der Waals surface area contributed by atoms with Gasteiger partial charge in [0.15, 0.2) is 28.8 Å². The van der Waals surface area contributed by atoms with Crippen molar-refractivity contribution in [3.8, 4) is 28.7 Å². The molecule has 0 spiro atoms. The smallest absolute Gasteiger partial charge is 0.254 e. The number of hydrogen-bond acceptors (Lipinski definition) is 8. The fraction of sp³-hybridized carbons (Fsp3) is 0.314. The van der Waals surface area contributed by atoms with Crippen LogP contribution in [0.1, 0.15) is 49.7 Å². The lowest BCUT2D eigenvalue weighted by Gasteiger charge is -2.37. The molecule has 1 heterocycles. The molecule has 0 saturated carbocycles. The highest BCUT2D eigenvalue weighted by Crippen LogP contribution is 2.47. The molecule has 0 radical (unpaired) electrons. The number of rotatable bonds is 10. The van der Waals surface area contributed by atoms with Gasteiger partial charge in [-0.2, -0.15) is 0 Å². The van der Waals surface area contributed by atoms with E-state index in [0.717, 1.165) is 16.8 Å². The van der Waals surface area contributed by atoms with E-state index >= 15 is 0 Å². The van der Waals surface area contributed by atoms with E-state index in [1.54, 1.807) is 52.7 Å². The van der Waals surface area contributed by atoms with Gasteiger partial charge in [0.25, 0.3) is 5.91 Å². The first kappa shape index (κ1) is 30.5. The number of carbonyl (C=O) groups is 2. The van der Waals surface area contributed by atoms with E-state index in [4.69, 9.17) is 23.7 Å². The first-order valence-electron chi connectivity index (χ1n) is 14.5. The Hall–Kier alpha value is -4.92. The van der Waals surface area contributed by atoms with E-state index in [1.165, 1.54) is 0 Å². The second-order valence-electron chi connectivity index (χ2n) is 10.7. The number of amides is 1. The molecule has 5 rings (SSSR count). The van der Waals surface area contributed by atoms with Crippen LogP contribution < -0.4 is 34.3 Å². The molecule has 230 valence electrons. The molecule has 2 N–H and O–H groups in total. The minimum atomic E-state index is -0.618. The normalized spacial score (nSPS) is 17.8. The molecule has 0 saturated heterocycles. The van der Waals surface area contributed by atoms with Crippen LogP contribution in [0.4, 0.5) is 5.69 Å². The number of Topliss-reactive ketones (excluding diaryl/α,β-unsaturated/α-hetero) is 1. The van der Waals surface area contributed by atoms with Crippen LogP contribution in [-0.4, -0.2) is 46.7 Å². The van der Waals surface area contributed by atoms with E-state index in [2.05, 4.69) is 10.6 Å². The van der Waals surface area contributed by atoms with Gasteiger partial charge in [-0.15, -0.1) is 0 Å². The fourth-order valence-corrected chi connectivity index (χ4v) is 6.03. The van der Waals surface area contributed by atoms with Crippen molar-refractivity contribution in [2.45, 2.75) is 38.5 Å². The molecule has 9 heteroatoms. The predicted molar refractivity (Wildman–Crippen MR) is 168 cm³/mol. The van der Waals surface area contributed by atoms with Gasteiger partial charge >= 0.3 is 0 Å². The number of dihydropyridines is 1. The average Bonchev–Trinajstić information content (AvgIpc) is 3.04. The number of methoxy groups -OCH3 is 4. The Morgan fingerprint density at radius 3 is 2.11 bits per heavy atom. The number of hydrogen-bond donors (Lipinski definition) is 2. The molecule has 44 heavy (non-hydrogen) atoms. The number of carbonyl (C=O) groups excluding carboxylic acids is 2. The van der Waals surface area contributed by atoms with Crippen LogP contribution >= 0.6 is 0 Å². The third-order valence-corrected chi connectivity index (χ3v) is 8.12. The van der Waals surface area contributed by atoms with Crippen molar-refractivity contribution in [3.05, 3.63) is 94.3 Å². The third-order valence-electron chi connectivity index (χ3n) is 8.12. The van der Waals surface area contributed by atoms with Crippen LogP contribution in [0.2, 0.25) is 0 Å². The quantitative estimate of drug-likeness (QED) is 0.288. The zero-order valence-corrected chi connectivity index (χ0v) is 25.9. The van der Waals surface area contributed by atoms with E-state index in [-0.39, 0.29) is 24.0 Å². The Morgan fingerprint density at radius 2 is 1.45 bits per heavy atom. The monoisotopic (exact) mass is 598 g/mol. The zero-order chi connectivity index (χ0) is 31.4. The zero-order valence-electron chi connectivity index (χ0n) is 25.9. The molecule has 0 fully saturated rings. The Bertz CT molecular complexity index is 1620. The minimum absolute atomic E-state index is 0.0290. The summed E-state index contributed by atoms with van der Waals surface area (Å²) >= 11 is 0. The predicted octanol–water partition coefficient (Wildman–Crippen LogP) is 6.12. The third kappa shape index (κ3) is 5.95. The Labute approximate surface area is 257 Å². The lowest BCUT2D eigenvalue weighted by atomic mass is 9.71. The van der Waals surface area contributed by atoms with Gasteiger partial charge in [-0.25, -0.2) is 0 Å². The number of benzene rings is 3. The van der Waals surface area contributed by atoms with Crippen LogP contribution in [0.3, 0.4) is 0 Å². The maximum absolute atomic E-state index is 14.1. The average molecular weight is 599 g/mol. The second-order valence-corrected chi connectivity index (χ2v) is 10.7. The molecule has 1 aliphatic carbocycles. The first-order valence-corrected chi connectivity index (χ1v) is 14.5. The fourth-order valence-electron chi connectivity index (χ4n) is 6.03. The van der Waals surface area contributed by atoms with Crippen molar-refractivity contribution in [2.24, 2.45) is 0 Å². The summed E-state index contributed by atoms with van der Waals surface area (Å²) in [5.74, 6) is 2.02. The van der Waals surface area contributed by atoms with Gasteiger partial charge in [0, 0.05) is 40.6 Å². The first-order chi connectivity index (χ1) is 21.3.